The lowest BCUT2D eigenvalue weighted by molar-refractivity contribution is -0.137. The minimum absolute atomic E-state index is 0.106. The first-order valence-electron chi connectivity index (χ1n) is 10.6. The minimum Gasteiger partial charge on any atom is -0.491 e. The van der Waals surface area contributed by atoms with Crippen LogP contribution in [0.1, 0.15) is 54.9 Å². The van der Waals surface area contributed by atoms with Crippen molar-refractivity contribution in [2.75, 3.05) is 33.4 Å². The third-order valence-corrected chi connectivity index (χ3v) is 6.55. The van der Waals surface area contributed by atoms with Gasteiger partial charge in [0.05, 0.1) is 6.61 Å². The van der Waals surface area contributed by atoms with Gasteiger partial charge in [-0.2, -0.15) is 0 Å². The Kier molecular flexibility index (Phi) is 6.80. The number of likely N-dealkylation sites (tertiary alicyclic amines) is 1. The molecule has 0 bridgehead atoms. The van der Waals surface area contributed by atoms with E-state index in [1.54, 1.807) is 7.11 Å². The number of ether oxygens (including phenoxy) is 2. The highest BCUT2D eigenvalue weighted by molar-refractivity contribution is 5.79. The number of fused-ring (bicyclic) bond motifs is 1. The fourth-order valence-electron chi connectivity index (χ4n) is 4.74. The molecule has 0 N–H and O–H groups in total. The van der Waals surface area contributed by atoms with E-state index in [-0.39, 0.29) is 5.92 Å². The van der Waals surface area contributed by atoms with Crippen molar-refractivity contribution in [2.24, 2.45) is 11.8 Å². The maximum Gasteiger partial charge on any atom is 0.225 e. The van der Waals surface area contributed by atoms with Gasteiger partial charge in [0.2, 0.25) is 5.91 Å². The van der Waals surface area contributed by atoms with Crippen LogP contribution in [0.4, 0.5) is 0 Å². The van der Waals surface area contributed by atoms with Crippen LogP contribution in [0.3, 0.4) is 0 Å². The highest BCUT2D eigenvalue weighted by atomic mass is 16.5. The molecule has 1 aromatic carbocycles. The molecular weight excluding hydrogens is 338 g/mol. The first kappa shape index (κ1) is 20.2. The monoisotopic (exact) mass is 373 g/mol. The second-order valence-corrected chi connectivity index (χ2v) is 8.29. The number of nitrogens with zero attached hydrogens (tertiary/aromatic N) is 1. The zero-order valence-electron chi connectivity index (χ0n) is 17.5. The van der Waals surface area contributed by atoms with E-state index in [2.05, 4.69) is 31.7 Å². The fourth-order valence-corrected chi connectivity index (χ4v) is 4.74. The quantitative estimate of drug-likeness (QED) is 0.705. The molecule has 3 rings (SSSR count). The molecule has 0 spiro atoms. The molecule has 1 amide bonds. The van der Waals surface area contributed by atoms with E-state index in [4.69, 9.17) is 9.47 Å². The van der Waals surface area contributed by atoms with Crippen LogP contribution in [0.25, 0.3) is 0 Å². The molecule has 1 heterocycles. The van der Waals surface area contributed by atoms with Crippen molar-refractivity contribution in [1.82, 2.24) is 4.90 Å². The van der Waals surface area contributed by atoms with Crippen molar-refractivity contribution in [1.29, 1.82) is 0 Å². The highest BCUT2D eigenvalue weighted by Crippen LogP contribution is 2.38. The summed E-state index contributed by atoms with van der Waals surface area (Å²) in [6.45, 7) is 9.56. The van der Waals surface area contributed by atoms with Crippen LogP contribution in [-0.4, -0.2) is 44.2 Å². The number of amides is 1. The Balaban J connectivity index is 1.74. The van der Waals surface area contributed by atoms with E-state index in [0.29, 0.717) is 25.0 Å². The van der Waals surface area contributed by atoms with E-state index in [1.807, 2.05) is 0 Å². The first-order chi connectivity index (χ1) is 13.0. The molecule has 2 atom stereocenters. The molecule has 1 fully saturated rings. The third-order valence-electron chi connectivity index (χ3n) is 6.55. The summed E-state index contributed by atoms with van der Waals surface area (Å²) in [7, 11) is 1.69. The number of rotatable bonds is 6. The number of carbonyl (C=O) groups excluding carboxylic acids is 1. The van der Waals surface area contributed by atoms with Crippen LogP contribution in [0.2, 0.25) is 0 Å². The molecule has 4 heteroatoms. The summed E-state index contributed by atoms with van der Waals surface area (Å²) in [5.41, 5.74) is 5.45. The Morgan fingerprint density at radius 3 is 2.63 bits per heavy atom. The lowest BCUT2D eigenvalue weighted by Gasteiger charge is -2.35. The summed E-state index contributed by atoms with van der Waals surface area (Å²) < 4.78 is 11.1. The molecule has 0 saturated carbocycles. The van der Waals surface area contributed by atoms with Crippen molar-refractivity contribution in [3.8, 4) is 5.75 Å². The summed E-state index contributed by atoms with van der Waals surface area (Å²) in [6.07, 6.45) is 6.75. The number of carbonyl (C=O) groups is 1. The van der Waals surface area contributed by atoms with Gasteiger partial charge in [-0.25, -0.2) is 0 Å². The number of benzene rings is 1. The Labute approximate surface area is 164 Å². The van der Waals surface area contributed by atoms with Gasteiger partial charge in [-0.3, -0.25) is 4.79 Å². The Hall–Kier alpha value is -1.55. The number of hydrogen-bond acceptors (Lipinski definition) is 3. The maximum atomic E-state index is 13.0. The number of methoxy groups -OCH3 is 1. The fraction of sp³-hybridized carbons (Fsp3) is 0.696. The highest BCUT2D eigenvalue weighted by Gasteiger charge is 2.32. The molecule has 1 saturated heterocycles. The lowest BCUT2D eigenvalue weighted by atomic mass is 9.74. The van der Waals surface area contributed by atoms with Crippen molar-refractivity contribution >= 4 is 5.91 Å². The first-order valence-corrected chi connectivity index (χ1v) is 10.6. The molecular formula is C23H35NO3. The summed E-state index contributed by atoms with van der Waals surface area (Å²) in [6, 6.07) is 2.17. The predicted molar refractivity (Wildman–Crippen MR) is 108 cm³/mol. The summed E-state index contributed by atoms with van der Waals surface area (Å²) in [5.74, 6) is 1.87. The average Bonchev–Trinajstić information content (AvgIpc) is 2.71. The third kappa shape index (κ3) is 4.48. The van der Waals surface area contributed by atoms with Crippen LogP contribution < -0.4 is 4.74 Å². The van der Waals surface area contributed by atoms with Gasteiger partial charge in [0.1, 0.15) is 12.4 Å². The van der Waals surface area contributed by atoms with Crippen molar-refractivity contribution in [3.63, 3.8) is 0 Å². The van der Waals surface area contributed by atoms with Gasteiger partial charge in [0.25, 0.3) is 0 Å². The standard InChI is InChI=1S/C23H35NO3/c1-16-14-22(27-13-12-26-4)18(3)21-15-19(8-9-20(16)21)17(2)23(25)24-10-6-5-7-11-24/h14,17,19H,5-13,15H2,1-4H3/t17-,19+/m0/s1. The van der Waals surface area contributed by atoms with Gasteiger partial charge in [0.15, 0.2) is 0 Å². The second kappa shape index (κ2) is 9.09. The number of aryl methyl sites for hydroxylation is 1. The largest absolute Gasteiger partial charge is 0.491 e. The zero-order valence-corrected chi connectivity index (χ0v) is 17.5. The molecule has 0 unspecified atom stereocenters. The van der Waals surface area contributed by atoms with Gasteiger partial charge in [-0.1, -0.05) is 6.92 Å². The van der Waals surface area contributed by atoms with Crippen LogP contribution in [0, 0.1) is 25.7 Å². The van der Waals surface area contributed by atoms with Gasteiger partial charge < -0.3 is 14.4 Å². The van der Waals surface area contributed by atoms with Crippen molar-refractivity contribution in [3.05, 3.63) is 28.3 Å². The van der Waals surface area contributed by atoms with Gasteiger partial charge in [-0.15, -0.1) is 0 Å². The minimum atomic E-state index is 0.106. The SMILES string of the molecule is COCCOc1cc(C)c2c(c1C)C[C@H]([C@H](C)C(=O)N1CCCCC1)CC2. The van der Waals surface area contributed by atoms with Crippen molar-refractivity contribution in [2.45, 2.75) is 59.3 Å². The molecule has 27 heavy (non-hydrogen) atoms. The molecule has 1 aromatic rings. The van der Waals surface area contributed by atoms with Crippen LogP contribution >= 0.6 is 0 Å². The molecule has 1 aliphatic carbocycles. The molecule has 2 aliphatic rings. The summed E-state index contributed by atoms with van der Waals surface area (Å²) in [4.78, 5) is 15.1. The second-order valence-electron chi connectivity index (χ2n) is 8.29. The van der Waals surface area contributed by atoms with Gasteiger partial charge >= 0.3 is 0 Å². The smallest absolute Gasteiger partial charge is 0.225 e. The predicted octanol–water partition coefficient (Wildman–Crippen LogP) is 4.08. The van der Waals surface area contributed by atoms with E-state index >= 15 is 0 Å². The number of hydrogen-bond donors (Lipinski definition) is 0. The Morgan fingerprint density at radius 1 is 1.19 bits per heavy atom. The lowest BCUT2D eigenvalue weighted by Crippen LogP contribution is -2.42. The van der Waals surface area contributed by atoms with E-state index in [9.17, 15) is 4.79 Å². The molecule has 0 aromatic heterocycles. The van der Waals surface area contributed by atoms with Gasteiger partial charge in [0, 0.05) is 26.1 Å². The van der Waals surface area contributed by atoms with Crippen LogP contribution in [0.5, 0.6) is 5.75 Å². The average molecular weight is 374 g/mol. The topological polar surface area (TPSA) is 38.8 Å². The molecule has 0 radical (unpaired) electrons. The summed E-state index contributed by atoms with van der Waals surface area (Å²) >= 11 is 0. The molecule has 1 aliphatic heterocycles. The molecule has 4 nitrogen and oxygen atoms in total. The number of piperidine rings is 1. The van der Waals surface area contributed by atoms with Gasteiger partial charge in [-0.05, 0) is 86.6 Å². The van der Waals surface area contributed by atoms with E-state index < -0.39 is 0 Å². The Bertz CT molecular complexity index is 664. The summed E-state index contributed by atoms with van der Waals surface area (Å²) in [5, 5.41) is 0. The zero-order chi connectivity index (χ0) is 19.4. The van der Waals surface area contributed by atoms with Crippen molar-refractivity contribution < 1.29 is 14.3 Å². The van der Waals surface area contributed by atoms with E-state index in [0.717, 1.165) is 50.9 Å². The maximum absolute atomic E-state index is 13.0. The van der Waals surface area contributed by atoms with Crippen LogP contribution in [0.15, 0.2) is 6.07 Å². The van der Waals surface area contributed by atoms with Crippen LogP contribution in [-0.2, 0) is 22.4 Å². The van der Waals surface area contributed by atoms with E-state index in [1.165, 1.54) is 28.7 Å². The Morgan fingerprint density at radius 2 is 1.93 bits per heavy atom. The normalized spacial score (nSPS) is 20.9. The molecule has 150 valence electrons.